The van der Waals surface area contributed by atoms with E-state index in [2.05, 4.69) is 32.0 Å². The standard InChI is InChI=1S/C22H34N2/c1-16-10-9-11-17(2)20(16)22(21(23)24,18-12-5-3-6-13-18)19-14-7-4-8-15-19/h9-11,18-19H,3-8,12-15H2,1-2H3,(H3,23,24). The van der Waals surface area contributed by atoms with Crippen molar-refractivity contribution in [3.05, 3.63) is 34.9 Å². The molecule has 132 valence electrons. The van der Waals surface area contributed by atoms with Gasteiger partial charge in [-0.05, 0) is 68.1 Å². The fraction of sp³-hybridized carbons (Fsp3) is 0.682. The molecule has 2 heteroatoms. The lowest BCUT2D eigenvalue weighted by atomic mass is 9.54. The van der Waals surface area contributed by atoms with Gasteiger partial charge in [0.15, 0.2) is 0 Å². The molecule has 1 aromatic carbocycles. The van der Waals surface area contributed by atoms with Crippen LogP contribution in [0.5, 0.6) is 0 Å². The first-order chi connectivity index (χ1) is 11.6. The van der Waals surface area contributed by atoms with Crippen LogP contribution in [0.25, 0.3) is 0 Å². The van der Waals surface area contributed by atoms with E-state index < -0.39 is 0 Å². The van der Waals surface area contributed by atoms with Gasteiger partial charge in [-0.2, -0.15) is 0 Å². The monoisotopic (exact) mass is 326 g/mol. The number of hydrogen-bond acceptors (Lipinski definition) is 1. The van der Waals surface area contributed by atoms with Crippen molar-refractivity contribution in [3.8, 4) is 0 Å². The Kier molecular flexibility index (Phi) is 5.32. The summed E-state index contributed by atoms with van der Waals surface area (Å²) in [5.41, 5.74) is 10.3. The molecule has 0 heterocycles. The summed E-state index contributed by atoms with van der Waals surface area (Å²) >= 11 is 0. The van der Waals surface area contributed by atoms with Crippen molar-refractivity contribution in [1.82, 2.24) is 0 Å². The van der Waals surface area contributed by atoms with Crippen LogP contribution in [0.2, 0.25) is 0 Å². The molecule has 0 radical (unpaired) electrons. The second-order valence-corrected chi connectivity index (χ2v) is 8.22. The molecule has 0 unspecified atom stereocenters. The maximum absolute atomic E-state index is 8.78. The molecule has 0 bridgehead atoms. The van der Waals surface area contributed by atoms with Crippen LogP contribution in [0, 0.1) is 31.1 Å². The summed E-state index contributed by atoms with van der Waals surface area (Å²) in [7, 11) is 0. The van der Waals surface area contributed by atoms with E-state index in [0.717, 1.165) is 0 Å². The van der Waals surface area contributed by atoms with Crippen LogP contribution < -0.4 is 5.73 Å². The molecule has 2 saturated carbocycles. The van der Waals surface area contributed by atoms with E-state index in [1.807, 2.05) is 0 Å². The van der Waals surface area contributed by atoms with Crippen molar-refractivity contribution in [3.63, 3.8) is 0 Å². The van der Waals surface area contributed by atoms with E-state index in [1.165, 1.54) is 80.9 Å². The molecule has 0 aliphatic heterocycles. The van der Waals surface area contributed by atoms with Gasteiger partial charge in [-0.1, -0.05) is 56.7 Å². The molecule has 2 nitrogen and oxygen atoms in total. The molecule has 2 fully saturated rings. The van der Waals surface area contributed by atoms with Gasteiger partial charge in [-0.25, -0.2) is 0 Å². The van der Waals surface area contributed by atoms with Crippen molar-refractivity contribution in [2.24, 2.45) is 17.6 Å². The van der Waals surface area contributed by atoms with Gasteiger partial charge >= 0.3 is 0 Å². The maximum atomic E-state index is 8.78. The van der Waals surface area contributed by atoms with Gasteiger partial charge in [-0.3, -0.25) is 5.41 Å². The van der Waals surface area contributed by atoms with E-state index in [4.69, 9.17) is 11.1 Å². The minimum Gasteiger partial charge on any atom is -0.387 e. The van der Waals surface area contributed by atoms with Gasteiger partial charge in [0.1, 0.15) is 5.84 Å². The van der Waals surface area contributed by atoms with Crippen LogP contribution in [0.3, 0.4) is 0 Å². The lowest BCUT2D eigenvalue weighted by Crippen LogP contribution is -2.54. The van der Waals surface area contributed by atoms with E-state index in [9.17, 15) is 0 Å². The van der Waals surface area contributed by atoms with E-state index >= 15 is 0 Å². The zero-order valence-electron chi connectivity index (χ0n) is 15.5. The van der Waals surface area contributed by atoms with Crippen LogP contribution in [-0.4, -0.2) is 5.84 Å². The first-order valence-corrected chi connectivity index (χ1v) is 9.99. The number of nitrogens with one attached hydrogen (secondary N) is 1. The third-order valence-electron chi connectivity index (χ3n) is 6.84. The van der Waals surface area contributed by atoms with Crippen molar-refractivity contribution >= 4 is 5.84 Å². The molecular formula is C22H34N2. The molecule has 2 aliphatic rings. The summed E-state index contributed by atoms with van der Waals surface area (Å²) in [5.74, 6) is 1.54. The van der Waals surface area contributed by atoms with Crippen molar-refractivity contribution < 1.29 is 0 Å². The largest absolute Gasteiger partial charge is 0.387 e. The molecule has 3 N–H and O–H groups in total. The fourth-order valence-corrected chi connectivity index (χ4v) is 5.90. The number of benzene rings is 1. The van der Waals surface area contributed by atoms with E-state index in [1.54, 1.807) is 0 Å². The van der Waals surface area contributed by atoms with Gasteiger partial charge in [0.25, 0.3) is 0 Å². The van der Waals surface area contributed by atoms with Gasteiger partial charge in [0.2, 0.25) is 0 Å². The summed E-state index contributed by atoms with van der Waals surface area (Å²) in [4.78, 5) is 0. The second kappa shape index (κ2) is 7.29. The smallest absolute Gasteiger partial charge is 0.102 e. The van der Waals surface area contributed by atoms with Crippen LogP contribution >= 0.6 is 0 Å². The average Bonchev–Trinajstić information content (AvgIpc) is 2.59. The molecule has 0 saturated heterocycles. The van der Waals surface area contributed by atoms with Crippen LogP contribution in [0.1, 0.15) is 80.9 Å². The van der Waals surface area contributed by atoms with Crippen LogP contribution in [0.15, 0.2) is 18.2 Å². The highest BCUT2D eigenvalue weighted by atomic mass is 14.8. The fourth-order valence-electron chi connectivity index (χ4n) is 5.90. The highest BCUT2D eigenvalue weighted by Crippen LogP contribution is 2.52. The first kappa shape index (κ1) is 17.5. The Hall–Kier alpha value is -1.31. The molecule has 2 aliphatic carbocycles. The third-order valence-corrected chi connectivity index (χ3v) is 6.84. The summed E-state index contributed by atoms with van der Waals surface area (Å²) in [6, 6.07) is 6.61. The Labute approximate surface area is 147 Å². The molecule has 0 amide bonds. The van der Waals surface area contributed by atoms with Crippen molar-refractivity contribution in [2.75, 3.05) is 0 Å². The lowest BCUT2D eigenvalue weighted by Gasteiger charge is -2.50. The molecule has 0 aromatic heterocycles. The number of rotatable bonds is 4. The SMILES string of the molecule is Cc1cccc(C)c1C(C(=N)N)(C1CCCCC1)C1CCCCC1. The number of amidine groups is 1. The second-order valence-electron chi connectivity index (χ2n) is 8.22. The summed E-state index contributed by atoms with van der Waals surface area (Å²) in [5, 5.41) is 8.78. The Bertz CT molecular complexity index is 539. The summed E-state index contributed by atoms with van der Waals surface area (Å²) < 4.78 is 0. The Balaban J connectivity index is 2.19. The van der Waals surface area contributed by atoms with E-state index in [-0.39, 0.29) is 5.41 Å². The number of nitrogens with two attached hydrogens (primary N) is 1. The molecule has 1 aromatic rings. The molecule has 0 spiro atoms. The highest BCUT2D eigenvalue weighted by Gasteiger charge is 2.50. The van der Waals surface area contributed by atoms with Gasteiger partial charge in [-0.15, -0.1) is 0 Å². The Morgan fingerprint density at radius 3 is 1.67 bits per heavy atom. The van der Waals surface area contributed by atoms with Gasteiger partial charge < -0.3 is 5.73 Å². The summed E-state index contributed by atoms with van der Waals surface area (Å²) in [6.07, 6.45) is 12.9. The van der Waals surface area contributed by atoms with Crippen LogP contribution in [0.4, 0.5) is 0 Å². The Morgan fingerprint density at radius 2 is 1.29 bits per heavy atom. The predicted octanol–water partition coefficient (Wildman–Crippen LogP) is 5.64. The number of aryl methyl sites for hydroxylation is 2. The average molecular weight is 327 g/mol. The molecule has 24 heavy (non-hydrogen) atoms. The van der Waals surface area contributed by atoms with Gasteiger partial charge in [0.05, 0.1) is 5.41 Å². The van der Waals surface area contributed by atoms with Crippen LogP contribution in [-0.2, 0) is 5.41 Å². The summed E-state index contributed by atoms with van der Waals surface area (Å²) in [6.45, 7) is 4.46. The highest BCUT2D eigenvalue weighted by molar-refractivity contribution is 5.91. The molecular weight excluding hydrogens is 292 g/mol. The molecule has 0 atom stereocenters. The normalized spacial score (nSPS) is 20.9. The number of hydrogen-bond donors (Lipinski definition) is 2. The minimum atomic E-state index is -0.226. The molecule has 3 rings (SSSR count). The zero-order valence-corrected chi connectivity index (χ0v) is 15.5. The lowest BCUT2D eigenvalue weighted by molar-refractivity contribution is 0.153. The minimum absolute atomic E-state index is 0.226. The quantitative estimate of drug-likeness (QED) is 0.546. The maximum Gasteiger partial charge on any atom is 0.102 e. The predicted molar refractivity (Wildman–Crippen MR) is 103 cm³/mol. The van der Waals surface area contributed by atoms with Crippen molar-refractivity contribution in [2.45, 2.75) is 83.5 Å². The first-order valence-electron chi connectivity index (χ1n) is 9.99. The Morgan fingerprint density at radius 1 is 0.875 bits per heavy atom. The zero-order chi connectivity index (χ0) is 17.2. The van der Waals surface area contributed by atoms with Crippen molar-refractivity contribution in [1.29, 1.82) is 5.41 Å². The topological polar surface area (TPSA) is 49.9 Å². The van der Waals surface area contributed by atoms with E-state index in [0.29, 0.717) is 17.7 Å². The van der Waals surface area contributed by atoms with Gasteiger partial charge in [0, 0.05) is 0 Å². The third kappa shape index (κ3) is 2.89.